The Morgan fingerprint density at radius 1 is 0.895 bits per heavy atom. The van der Waals surface area contributed by atoms with Gasteiger partial charge in [-0.25, -0.2) is 9.78 Å². The fraction of sp³-hybridized carbons (Fsp3) is 0.355. The first-order valence-electron chi connectivity index (χ1n) is 13.5. The molecule has 0 saturated heterocycles. The average Bonchev–Trinajstić information content (AvgIpc) is 3.55. The monoisotopic (exact) mass is 537 g/mol. The van der Waals surface area contributed by atoms with Gasteiger partial charge >= 0.3 is 35.5 Å². The van der Waals surface area contributed by atoms with Crippen LogP contribution < -0.4 is 5.32 Å². The summed E-state index contributed by atoms with van der Waals surface area (Å²) in [6, 6.07) is 19.1. The number of hydrogen-bond acceptors (Lipinski definition) is 3. The first-order chi connectivity index (χ1) is 18.1. The molecule has 2 aromatic carbocycles. The van der Waals surface area contributed by atoms with Gasteiger partial charge in [0.25, 0.3) is 0 Å². The van der Waals surface area contributed by atoms with E-state index in [9.17, 15) is 9.90 Å². The zero-order valence-corrected chi connectivity index (χ0v) is 21.7. The number of carboxylic acid groups (broad SMARTS) is 1. The summed E-state index contributed by atoms with van der Waals surface area (Å²) in [5, 5.41) is 14.5. The number of nitrogens with zero attached hydrogens (tertiary/aromatic N) is 2. The van der Waals surface area contributed by atoms with Crippen molar-refractivity contribution >= 4 is 63.7 Å². The van der Waals surface area contributed by atoms with Crippen LogP contribution in [0.1, 0.15) is 79.8 Å². The normalized spacial score (nSPS) is 16.4. The maximum atomic E-state index is 12.3. The molecule has 2 fully saturated rings. The molecule has 2 heterocycles. The number of aromatic nitrogens is 2. The van der Waals surface area contributed by atoms with Crippen molar-refractivity contribution in [3.8, 4) is 16.9 Å². The number of pyridine rings is 1. The first kappa shape index (κ1) is 27.3. The molecule has 192 valence electrons. The van der Waals surface area contributed by atoms with Crippen molar-refractivity contribution in [1.82, 2.24) is 9.55 Å². The predicted molar refractivity (Wildman–Crippen MR) is 157 cm³/mol. The molecule has 2 aliphatic rings. The van der Waals surface area contributed by atoms with E-state index in [1.165, 1.54) is 63.4 Å². The van der Waals surface area contributed by atoms with Crippen LogP contribution in [0.15, 0.2) is 60.8 Å². The van der Waals surface area contributed by atoms with Gasteiger partial charge < -0.3 is 10.4 Å². The van der Waals surface area contributed by atoms with Gasteiger partial charge in [0, 0.05) is 11.4 Å². The molecule has 2 N–H and O–H groups in total. The predicted octanol–water partition coefficient (Wildman–Crippen LogP) is 7.80. The Morgan fingerprint density at radius 3 is 2.24 bits per heavy atom. The minimum atomic E-state index is -1.07. The van der Waals surface area contributed by atoms with Crippen molar-refractivity contribution in [3.63, 3.8) is 0 Å². The Kier molecular flexibility index (Phi) is 8.49. The molecule has 0 radical (unpaired) electrons. The van der Waals surface area contributed by atoms with Gasteiger partial charge in [-0.05, 0) is 72.6 Å². The van der Waals surface area contributed by atoms with E-state index < -0.39 is 5.97 Å². The topological polar surface area (TPSA) is 67.2 Å². The Morgan fingerprint density at radius 2 is 1.58 bits per heavy atom. The second kappa shape index (κ2) is 11.8. The van der Waals surface area contributed by atoms with Crippen molar-refractivity contribution in [2.24, 2.45) is 0 Å². The van der Waals surface area contributed by atoms with E-state index in [1.54, 1.807) is 10.8 Å². The molecule has 0 spiro atoms. The number of nitrogens with one attached hydrogen (secondary N) is 1. The van der Waals surface area contributed by atoms with E-state index in [-0.39, 0.29) is 40.3 Å². The quantitative estimate of drug-likeness (QED) is 0.246. The molecule has 0 aliphatic heterocycles. The number of hydrogen-bond donors (Lipinski definition) is 2. The number of anilines is 1. The summed E-state index contributed by atoms with van der Waals surface area (Å²) in [6.45, 7) is 0. The third kappa shape index (κ3) is 5.40. The second-order valence-corrected chi connectivity index (χ2v) is 10.9. The summed E-state index contributed by atoms with van der Waals surface area (Å²) in [4.78, 5) is 16.9. The van der Waals surface area contributed by atoms with Crippen LogP contribution >= 0.6 is 11.6 Å². The third-order valence-electron chi connectivity index (χ3n) is 8.13. The van der Waals surface area contributed by atoms with Crippen LogP contribution in [0.3, 0.4) is 0 Å². The molecule has 0 bridgehead atoms. The zero-order valence-electron chi connectivity index (χ0n) is 20.9. The summed E-state index contributed by atoms with van der Waals surface area (Å²) in [5.74, 6) is 0.129. The molecule has 6 rings (SSSR count). The average molecular weight is 538 g/mol. The standard InChI is InChI=1S/C31H32ClN3O2.Na.H/c32-29-26-18-23(22-12-10-21(11-13-22)20-6-2-1-3-7-20)14-16-27(26)35(30(29)31(36)37)28-17-15-25(19-33-28)34-24-8-4-5-9-24;;/h10-20,24,34H,1-9H2,(H,36,37);;. The Labute approximate surface area is 250 Å². The van der Waals surface area contributed by atoms with Crippen molar-refractivity contribution in [2.75, 3.05) is 5.32 Å². The van der Waals surface area contributed by atoms with E-state index in [0.717, 1.165) is 22.3 Å². The molecule has 2 saturated carbocycles. The molecular formula is C31H33ClN3NaO2. The number of benzene rings is 2. The maximum absolute atomic E-state index is 12.3. The van der Waals surface area contributed by atoms with Crippen molar-refractivity contribution in [3.05, 3.63) is 77.1 Å². The molecule has 7 heteroatoms. The van der Waals surface area contributed by atoms with Gasteiger partial charge in [0.2, 0.25) is 0 Å². The molecule has 5 nitrogen and oxygen atoms in total. The van der Waals surface area contributed by atoms with Crippen LogP contribution in [0.25, 0.3) is 27.8 Å². The Balaban J connectivity index is 0.00000294. The van der Waals surface area contributed by atoms with E-state index >= 15 is 0 Å². The van der Waals surface area contributed by atoms with Gasteiger partial charge in [0.05, 0.1) is 22.4 Å². The van der Waals surface area contributed by atoms with Crippen LogP contribution in [-0.4, -0.2) is 56.2 Å². The Bertz CT molecular complexity index is 1420. The molecule has 38 heavy (non-hydrogen) atoms. The van der Waals surface area contributed by atoms with Gasteiger partial charge in [0.15, 0.2) is 5.69 Å². The number of fused-ring (bicyclic) bond motifs is 1. The Hall–Kier alpha value is -2.31. The van der Waals surface area contributed by atoms with Crippen LogP contribution in [-0.2, 0) is 0 Å². The van der Waals surface area contributed by atoms with Crippen LogP contribution in [0, 0.1) is 0 Å². The van der Waals surface area contributed by atoms with Gasteiger partial charge in [-0.2, -0.15) is 0 Å². The molecule has 4 aromatic rings. The summed E-state index contributed by atoms with van der Waals surface area (Å²) >= 11 is 6.70. The number of carbonyl (C=O) groups is 1. The van der Waals surface area contributed by atoms with Crippen LogP contribution in [0.5, 0.6) is 0 Å². The summed E-state index contributed by atoms with van der Waals surface area (Å²) in [7, 11) is 0. The number of rotatable bonds is 6. The molecule has 2 aliphatic carbocycles. The minimum absolute atomic E-state index is 0. The van der Waals surface area contributed by atoms with Gasteiger partial charge in [-0.1, -0.05) is 74.0 Å². The van der Waals surface area contributed by atoms with E-state index in [2.05, 4.69) is 34.6 Å². The molecule has 0 amide bonds. The van der Waals surface area contributed by atoms with Crippen LogP contribution in [0.2, 0.25) is 5.02 Å². The van der Waals surface area contributed by atoms with Crippen molar-refractivity contribution < 1.29 is 9.90 Å². The summed E-state index contributed by atoms with van der Waals surface area (Å²) in [5.41, 5.74) is 5.25. The number of carboxylic acids is 1. The van der Waals surface area contributed by atoms with Gasteiger partial charge in [-0.15, -0.1) is 0 Å². The molecule has 0 unspecified atom stereocenters. The number of halogens is 1. The van der Waals surface area contributed by atoms with Crippen LogP contribution in [0.4, 0.5) is 5.69 Å². The number of aromatic carboxylic acids is 1. The van der Waals surface area contributed by atoms with E-state index in [1.807, 2.05) is 30.3 Å². The van der Waals surface area contributed by atoms with Gasteiger partial charge in [-0.3, -0.25) is 4.57 Å². The SMILES string of the molecule is O=C(O)c1c(Cl)c2cc(-c3ccc(C4CCCCC4)cc3)ccc2n1-c1ccc(NC2CCCC2)cn1.[NaH]. The second-order valence-electron chi connectivity index (χ2n) is 10.5. The third-order valence-corrected chi connectivity index (χ3v) is 8.51. The van der Waals surface area contributed by atoms with E-state index in [0.29, 0.717) is 23.2 Å². The van der Waals surface area contributed by atoms with E-state index in [4.69, 9.17) is 11.6 Å². The zero-order chi connectivity index (χ0) is 25.4. The van der Waals surface area contributed by atoms with Crippen molar-refractivity contribution in [2.45, 2.75) is 69.7 Å². The fourth-order valence-corrected chi connectivity index (χ4v) is 6.47. The molecular weight excluding hydrogens is 505 g/mol. The van der Waals surface area contributed by atoms with Gasteiger partial charge in [0.1, 0.15) is 5.82 Å². The summed E-state index contributed by atoms with van der Waals surface area (Å²) in [6.07, 6.45) is 13.2. The first-order valence-corrected chi connectivity index (χ1v) is 13.9. The fourth-order valence-electron chi connectivity index (χ4n) is 6.15. The molecule has 0 atom stereocenters. The molecule has 2 aromatic heterocycles. The summed E-state index contributed by atoms with van der Waals surface area (Å²) < 4.78 is 1.65. The van der Waals surface area contributed by atoms with Crippen molar-refractivity contribution in [1.29, 1.82) is 0 Å².